The molecule has 2 atom stereocenters. The monoisotopic (exact) mass is 287 g/mol. The molecule has 114 valence electrons. The predicted octanol–water partition coefficient (Wildman–Crippen LogP) is 3.50. The summed E-state index contributed by atoms with van der Waals surface area (Å²) < 4.78 is 0. The van der Waals surface area contributed by atoms with Crippen molar-refractivity contribution in [2.75, 3.05) is 13.1 Å². The SMILES string of the molecule is CC(C)C1(C(=O)O)CCN(C2CCCc3ccccc32)C1. The van der Waals surface area contributed by atoms with Crippen molar-refractivity contribution >= 4 is 5.97 Å². The molecule has 2 unspecified atom stereocenters. The maximum Gasteiger partial charge on any atom is 0.311 e. The minimum Gasteiger partial charge on any atom is -0.481 e. The molecule has 1 aliphatic heterocycles. The second-order valence-corrected chi connectivity index (χ2v) is 6.94. The smallest absolute Gasteiger partial charge is 0.311 e. The first-order chi connectivity index (χ1) is 10.0. The molecule has 1 saturated heterocycles. The highest BCUT2D eigenvalue weighted by Gasteiger charge is 2.48. The number of fused-ring (bicyclic) bond motifs is 1. The second-order valence-electron chi connectivity index (χ2n) is 6.94. The molecule has 0 radical (unpaired) electrons. The third-order valence-corrected chi connectivity index (χ3v) is 5.64. The van der Waals surface area contributed by atoms with E-state index in [0.717, 1.165) is 25.8 Å². The van der Waals surface area contributed by atoms with E-state index in [4.69, 9.17) is 0 Å². The lowest BCUT2D eigenvalue weighted by Gasteiger charge is -2.35. The van der Waals surface area contributed by atoms with Gasteiger partial charge in [-0.05, 0) is 49.3 Å². The van der Waals surface area contributed by atoms with E-state index < -0.39 is 11.4 Å². The first kappa shape index (κ1) is 14.6. The van der Waals surface area contributed by atoms with Gasteiger partial charge in [-0.1, -0.05) is 38.1 Å². The molecule has 0 spiro atoms. The molecule has 1 heterocycles. The number of hydrogen-bond donors (Lipinski definition) is 1. The van der Waals surface area contributed by atoms with Crippen LogP contribution in [0.3, 0.4) is 0 Å². The van der Waals surface area contributed by atoms with Crippen LogP contribution < -0.4 is 0 Å². The van der Waals surface area contributed by atoms with Gasteiger partial charge in [-0.2, -0.15) is 0 Å². The number of carbonyl (C=O) groups is 1. The molecule has 0 amide bonds. The summed E-state index contributed by atoms with van der Waals surface area (Å²) in [5.74, 6) is -0.442. The Morgan fingerprint density at radius 2 is 2.14 bits per heavy atom. The van der Waals surface area contributed by atoms with Gasteiger partial charge in [-0.25, -0.2) is 0 Å². The number of aliphatic carboxylic acids is 1. The van der Waals surface area contributed by atoms with Crippen molar-refractivity contribution in [1.82, 2.24) is 4.90 Å². The summed E-state index contributed by atoms with van der Waals surface area (Å²) in [7, 11) is 0. The average Bonchev–Trinajstić information content (AvgIpc) is 2.93. The molecular weight excluding hydrogens is 262 g/mol. The molecule has 1 aromatic rings. The lowest BCUT2D eigenvalue weighted by molar-refractivity contribution is -0.151. The molecule has 1 aromatic carbocycles. The van der Waals surface area contributed by atoms with Gasteiger partial charge >= 0.3 is 5.97 Å². The van der Waals surface area contributed by atoms with E-state index in [-0.39, 0.29) is 5.92 Å². The van der Waals surface area contributed by atoms with Crippen LogP contribution in [0.4, 0.5) is 0 Å². The number of aryl methyl sites for hydroxylation is 1. The number of benzene rings is 1. The predicted molar refractivity (Wildman–Crippen MR) is 83.2 cm³/mol. The topological polar surface area (TPSA) is 40.5 Å². The Morgan fingerprint density at radius 1 is 1.38 bits per heavy atom. The Hall–Kier alpha value is -1.35. The summed E-state index contributed by atoms with van der Waals surface area (Å²) in [6.45, 7) is 5.70. The zero-order chi connectivity index (χ0) is 15.0. The first-order valence-corrected chi connectivity index (χ1v) is 8.10. The normalized spacial score (nSPS) is 29.6. The number of carboxylic acid groups (broad SMARTS) is 1. The second kappa shape index (κ2) is 5.45. The summed E-state index contributed by atoms with van der Waals surface area (Å²) >= 11 is 0. The van der Waals surface area contributed by atoms with Gasteiger partial charge in [0.05, 0.1) is 5.41 Å². The fourth-order valence-corrected chi connectivity index (χ4v) is 4.13. The highest BCUT2D eigenvalue weighted by atomic mass is 16.4. The van der Waals surface area contributed by atoms with Gasteiger partial charge < -0.3 is 5.11 Å². The minimum atomic E-state index is -0.621. The van der Waals surface area contributed by atoms with Crippen LogP contribution in [0.2, 0.25) is 0 Å². The molecule has 3 heteroatoms. The van der Waals surface area contributed by atoms with Crippen LogP contribution in [-0.2, 0) is 11.2 Å². The minimum absolute atomic E-state index is 0.179. The van der Waals surface area contributed by atoms with Crippen molar-refractivity contribution in [3.8, 4) is 0 Å². The van der Waals surface area contributed by atoms with Gasteiger partial charge in [0.2, 0.25) is 0 Å². The summed E-state index contributed by atoms with van der Waals surface area (Å²) in [6, 6.07) is 9.09. The van der Waals surface area contributed by atoms with Crippen molar-refractivity contribution in [3.63, 3.8) is 0 Å². The third kappa shape index (κ3) is 2.38. The van der Waals surface area contributed by atoms with Crippen LogP contribution in [0.15, 0.2) is 24.3 Å². The number of carboxylic acids is 1. The third-order valence-electron chi connectivity index (χ3n) is 5.64. The van der Waals surface area contributed by atoms with E-state index in [0.29, 0.717) is 12.6 Å². The van der Waals surface area contributed by atoms with E-state index in [2.05, 4.69) is 29.2 Å². The highest BCUT2D eigenvalue weighted by Crippen LogP contribution is 2.44. The van der Waals surface area contributed by atoms with Gasteiger partial charge in [0.25, 0.3) is 0 Å². The Kier molecular flexibility index (Phi) is 3.78. The lowest BCUT2D eigenvalue weighted by Crippen LogP contribution is -2.40. The summed E-state index contributed by atoms with van der Waals surface area (Å²) in [5, 5.41) is 9.72. The summed E-state index contributed by atoms with van der Waals surface area (Å²) in [5.41, 5.74) is 2.31. The zero-order valence-corrected chi connectivity index (χ0v) is 13.0. The molecule has 1 fully saturated rings. The van der Waals surface area contributed by atoms with Crippen LogP contribution in [-0.4, -0.2) is 29.1 Å². The molecule has 3 rings (SSSR count). The Morgan fingerprint density at radius 3 is 2.81 bits per heavy atom. The van der Waals surface area contributed by atoms with Crippen molar-refractivity contribution in [2.24, 2.45) is 11.3 Å². The fourth-order valence-electron chi connectivity index (χ4n) is 4.13. The van der Waals surface area contributed by atoms with Gasteiger partial charge in [0, 0.05) is 12.6 Å². The molecule has 1 aliphatic carbocycles. The van der Waals surface area contributed by atoms with Gasteiger partial charge in [0.15, 0.2) is 0 Å². The molecule has 0 saturated carbocycles. The fraction of sp³-hybridized carbons (Fsp3) is 0.611. The van der Waals surface area contributed by atoms with Gasteiger partial charge in [0.1, 0.15) is 0 Å². The van der Waals surface area contributed by atoms with E-state index >= 15 is 0 Å². The van der Waals surface area contributed by atoms with Crippen molar-refractivity contribution in [3.05, 3.63) is 35.4 Å². The van der Waals surface area contributed by atoms with Gasteiger partial charge in [-0.15, -0.1) is 0 Å². The standard InChI is InChI=1S/C18H25NO2/c1-13(2)18(17(20)21)10-11-19(12-18)16-9-5-7-14-6-3-4-8-15(14)16/h3-4,6,8,13,16H,5,7,9-12H2,1-2H3,(H,20,21). The highest BCUT2D eigenvalue weighted by molar-refractivity contribution is 5.75. The average molecular weight is 287 g/mol. The molecule has 21 heavy (non-hydrogen) atoms. The van der Waals surface area contributed by atoms with E-state index in [1.807, 2.05) is 13.8 Å². The van der Waals surface area contributed by atoms with E-state index in [1.165, 1.54) is 17.5 Å². The number of hydrogen-bond acceptors (Lipinski definition) is 2. The summed E-state index contributed by atoms with van der Waals surface area (Å²) in [6.07, 6.45) is 4.30. The van der Waals surface area contributed by atoms with Crippen LogP contribution in [0.1, 0.15) is 50.3 Å². The van der Waals surface area contributed by atoms with Crippen LogP contribution in [0.25, 0.3) is 0 Å². The quantitative estimate of drug-likeness (QED) is 0.925. The molecule has 2 aliphatic rings. The molecule has 0 aromatic heterocycles. The van der Waals surface area contributed by atoms with Crippen molar-refractivity contribution < 1.29 is 9.90 Å². The Balaban J connectivity index is 1.86. The Bertz CT molecular complexity index is 540. The first-order valence-electron chi connectivity index (χ1n) is 8.10. The molecule has 3 nitrogen and oxygen atoms in total. The zero-order valence-electron chi connectivity index (χ0n) is 13.0. The molecule has 1 N–H and O–H groups in total. The largest absolute Gasteiger partial charge is 0.481 e. The van der Waals surface area contributed by atoms with Crippen LogP contribution >= 0.6 is 0 Å². The molecular formula is C18H25NO2. The maximum atomic E-state index is 11.8. The van der Waals surface area contributed by atoms with Gasteiger partial charge in [-0.3, -0.25) is 9.69 Å². The van der Waals surface area contributed by atoms with Crippen molar-refractivity contribution in [1.29, 1.82) is 0 Å². The lowest BCUT2D eigenvalue weighted by atomic mass is 9.76. The number of nitrogens with zero attached hydrogens (tertiary/aromatic N) is 1. The van der Waals surface area contributed by atoms with Crippen LogP contribution in [0.5, 0.6) is 0 Å². The van der Waals surface area contributed by atoms with E-state index in [1.54, 1.807) is 0 Å². The Labute approximate surface area is 127 Å². The maximum absolute atomic E-state index is 11.8. The number of rotatable bonds is 3. The number of likely N-dealkylation sites (tertiary alicyclic amines) is 1. The van der Waals surface area contributed by atoms with Crippen molar-refractivity contribution in [2.45, 2.75) is 45.6 Å². The van der Waals surface area contributed by atoms with E-state index in [9.17, 15) is 9.90 Å². The van der Waals surface area contributed by atoms with Crippen LogP contribution in [0, 0.1) is 11.3 Å². The summed E-state index contributed by atoms with van der Waals surface area (Å²) in [4.78, 5) is 14.2. The molecule has 0 bridgehead atoms.